The van der Waals surface area contributed by atoms with Gasteiger partial charge in [-0.3, -0.25) is 0 Å². The molecule has 1 nitrogen and oxygen atoms in total. The van der Waals surface area contributed by atoms with E-state index in [2.05, 4.69) is 18.7 Å². The molecule has 0 aromatic heterocycles. The Balaban J connectivity index is 1.81. The van der Waals surface area contributed by atoms with Crippen molar-refractivity contribution < 1.29 is 0 Å². The van der Waals surface area contributed by atoms with Crippen molar-refractivity contribution in [2.75, 3.05) is 13.1 Å². The lowest BCUT2D eigenvalue weighted by Gasteiger charge is -2.22. The minimum absolute atomic E-state index is 0.915. The summed E-state index contributed by atoms with van der Waals surface area (Å²) in [6.07, 6.45) is 18.8. The highest BCUT2D eigenvalue weighted by molar-refractivity contribution is 4.77. The van der Waals surface area contributed by atoms with Crippen LogP contribution in [0.4, 0.5) is 0 Å². The van der Waals surface area contributed by atoms with Crippen LogP contribution in [0.2, 0.25) is 0 Å². The molecule has 0 amide bonds. The van der Waals surface area contributed by atoms with Crippen LogP contribution in [0.25, 0.3) is 0 Å². The third-order valence-corrected chi connectivity index (χ3v) is 4.77. The average molecular weight is 268 g/mol. The molecule has 0 radical (unpaired) electrons. The lowest BCUT2D eigenvalue weighted by atomic mass is 10.1. The molecule has 1 heteroatoms. The fourth-order valence-corrected chi connectivity index (χ4v) is 3.45. The molecule has 1 atom stereocenters. The van der Waals surface area contributed by atoms with Crippen LogP contribution in [-0.4, -0.2) is 24.0 Å². The summed E-state index contributed by atoms with van der Waals surface area (Å²) in [4.78, 5) is 2.74. The smallest absolute Gasteiger partial charge is 0.00931 e. The van der Waals surface area contributed by atoms with Crippen molar-refractivity contribution in [3.63, 3.8) is 0 Å². The summed E-state index contributed by atoms with van der Waals surface area (Å²) < 4.78 is 0. The first-order chi connectivity index (χ1) is 9.38. The van der Waals surface area contributed by atoms with E-state index in [0.29, 0.717) is 0 Å². The molecular formula is C18H37N. The van der Waals surface area contributed by atoms with Gasteiger partial charge in [0, 0.05) is 6.04 Å². The fourth-order valence-electron chi connectivity index (χ4n) is 3.45. The second-order valence-corrected chi connectivity index (χ2v) is 6.42. The average Bonchev–Trinajstić information content (AvgIpc) is 2.88. The predicted molar refractivity (Wildman–Crippen MR) is 86.7 cm³/mol. The van der Waals surface area contributed by atoms with Crippen molar-refractivity contribution in [1.82, 2.24) is 4.90 Å². The third-order valence-electron chi connectivity index (χ3n) is 4.77. The topological polar surface area (TPSA) is 3.24 Å². The molecule has 1 heterocycles. The van der Waals surface area contributed by atoms with E-state index in [9.17, 15) is 0 Å². The van der Waals surface area contributed by atoms with E-state index in [1.54, 1.807) is 0 Å². The van der Waals surface area contributed by atoms with Gasteiger partial charge in [-0.15, -0.1) is 0 Å². The Morgan fingerprint density at radius 2 is 1.37 bits per heavy atom. The summed E-state index contributed by atoms with van der Waals surface area (Å²) in [5.41, 5.74) is 0. The molecule has 114 valence electrons. The number of likely N-dealkylation sites (tertiary alicyclic amines) is 1. The van der Waals surface area contributed by atoms with Crippen LogP contribution in [0.3, 0.4) is 0 Å². The van der Waals surface area contributed by atoms with Gasteiger partial charge in [-0.2, -0.15) is 0 Å². The molecule has 1 saturated heterocycles. The second-order valence-electron chi connectivity index (χ2n) is 6.42. The maximum atomic E-state index is 2.74. The van der Waals surface area contributed by atoms with E-state index in [1.165, 1.54) is 96.6 Å². The largest absolute Gasteiger partial charge is 0.300 e. The zero-order valence-corrected chi connectivity index (χ0v) is 13.6. The van der Waals surface area contributed by atoms with Crippen LogP contribution in [-0.2, 0) is 0 Å². The Morgan fingerprint density at radius 1 is 0.789 bits per heavy atom. The second kappa shape index (κ2) is 11.8. The molecule has 0 bridgehead atoms. The minimum atomic E-state index is 0.915. The van der Waals surface area contributed by atoms with Crippen LogP contribution < -0.4 is 0 Å². The van der Waals surface area contributed by atoms with Gasteiger partial charge >= 0.3 is 0 Å². The molecule has 1 aliphatic heterocycles. The quantitative estimate of drug-likeness (QED) is 0.405. The van der Waals surface area contributed by atoms with E-state index < -0.39 is 0 Å². The van der Waals surface area contributed by atoms with E-state index in [0.717, 1.165) is 6.04 Å². The summed E-state index contributed by atoms with van der Waals surface area (Å²) in [5, 5.41) is 0. The number of hydrogen-bond acceptors (Lipinski definition) is 1. The maximum absolute atomic E-state index is 2.74. The van der Waals surface area contributed by atoms with Gasteiger partial charge < -0.3 is 4.90 Å². The standard InChI is InChI=1S/C18H37N/c1-3-5-6-7-8-9-10-11-12-13-16-19-17-14-15-18(19)4-2/h18H,3-17H2,1-2H3. The van der Waals surface area contributed by atoms with Crippen LogP contribution in [0.5, 0.6) is 0 Å². The predicted octanol–water partition coefficient (Wildman–Crippen LogP) is 5.78. The molecule has 1 aliphatic rings. The molecule has 19 heavy (non-hydrogen) atoms. The molecule has 1 rings (SSSR count). The molecule has 0 aromatic carbocycles. The SMILES string of the molecule is CCCCCCCCCCCCN1CCCC1CC. The van der Waals surface area contributed by atoms with Crippen LogP contribution >= 0.6 is 0 Å². The Labute approximate surface area is 122 Å². The Bertz CT molecular complexity index is 190. The first kappa shape index (κ1) is 17.0. The first-order valence-electron chi connectivity index (χ1n) is 9.12. The van der Waals surface area contributed by atoms with E-state index in [4.69, 9.17) is 0 Å². The minimum Gasteiger partial charge on any atom is -0.300 e. The van der Waals surface area contributed by atoms with Gasteiger partial charge in [-0.1, -0.05) is 71.6 Å². The highest BCUT2D eigenvalue weighted by Gasteiger charge is 2.21. The molecule has 0 saturated carbocycles. The monoisotopic (exact) mass is 267 g/mol. The number of hydrogen-bond donors (Lipinski definition) is 0. The summed E-state index contributed by atoms with van der Waals surface area (Å²) in [7, 11) is 0. The van der Waals surface area contributed by atoms with Gasteiger partial charge in [0.05, 0.1) is 0 Å². The number of unbranched alkanes of at least 4 members (excludes halogenated alkanes) is 9. The highest BCUT2D eigenvalue weighted by atomic mass is 15.2. The molecule has 0 spiro atoms. The van der Waals surface area contributed by atoms with E-state index >= 15 is 0 Å². The summed E-state index contributed by atoms with van der Waals surface area (Å²) in [5.74, 6) is 0. The van der Waals surface area contributed by atoms with Gasteiger partial charge in [0.2, 0.25) is 0 Å². The van der Waals surface area contributed by atoms with Crippen molar-refractivity contribution in [3.05, 3.63) is 0 Å². The molecule has 1 fully saturated rings. The van der Waals surface area contributed by atoms with Crippen LogP contribution in [0.1, 0.15) is 97.3 Å². The molecule has 0 aliphatic carbocycles. The number of rotatable bonds is 12. The fraction of sp³-hybridized carbons (Fsp3) is 1.00. The molecule has 0 N–H and O–H groups in total. The van der Waals surface area contributed by atoms with Crippen molar-refractivity contribution in [1.29, 1.82) is 0 Å². The van der Waals surface area contributed by atoms with Gasteiger partial charge in [0.25, 0.3) is 0 Å². The highest BCUT2D eigenvalue weighted by Crippen LogP contribution is 2.20. The maximum Gasteiger partial charge on any atom is 0.00931 e. The normalized spacial score (nSPS) is 20.2. The van der Waals surface area contributed by atoms with Gasteiger partial charge in [0.1, 0.15) is 0 Å². The molecule has 0 aromatic rings. The van der Waals surface area contributed by atoms with Gasteiger partial charge in [-0.05, 0) is 38.8 Å². The summed E-state index contributed by atoms with van der Waals surface area (Å²) in [6.45, 7) is 7.38. The van der Waals surface area contributed by atoms with Crippen molar-refractivity contribution in [2.45, 2.75) is 103 Å². The van der Waals surface area contributed by atoms with Gasteiger partial charge in [-0.25, -0.2) is 0 Å². The van der Waals surface area contributed by atoms with Crippen LogP contribution in [0, 0.1) is 0 Å². The lowest BCUT2D eigenvalue weighted by Crippen LogP contribution is -2.29. The summed E-state index contributed by atoms with van der Waals surface area (Å²) in [6, 6.07) is 0.915. The van der Waals surface area contributed by atoms with Crippen molar-refractivity contribution in [2.24, 2.45) is 0 Å². The van der Waals surface area contributed by atoms with Crippen molar-refractivity contribution in [3.8, 4) is 0 Å². The third kappa shape index (κ3) is 7.97. The lowest BCUT2D eigenvalue weighted by molar-refractivity contribution is 0.242. The zero-order valence-electron chi connectivity index (χ0n) is 13.6. The Hall–Kier alpha value is -0.0400. The van der Waals surface area contributed by atoms with Gasteiger partial charge in [0.15, 0.2) is 0 Å². The number of nitrogens with zero attached hydrogens (tertiary/aromatic N) is 1. The Kier molecular flexibility index (Phi) is 10.5. The van der Waals surface area contributed by atoms with E-state index in [-0.39, 0.29) is 0 Å². The Morgan fingerprint density at radius 3 is 1.95 bits per heavy atom. The summed E-state index contributed by atoms with van der Waals surface area (Å²) >= 11 is 0. The molecular weight excluding hydrogens is 230 g/mol. The zero-order chi connectivity index (χ0) is 13.8. The van der Waals surface area contributed by atoms with Crippen molar-refractivity contribution >= 4 is 0 Å². The molecule has 1 unspecified atom stereocenters. The van der Waals surface area contributed by atoms with Crippen LogP contribution in [0.15, 0.2) is 0 Å². The first-order valence-corrected chi connectivity index (χ1v) is 9.12. The van der Waals surface area contributed by atoms with E-state index in [1.807, 2.05) is 0 Å².